The zero-order chi connectivity index (χ0) is 18.6. The number of nitrogens with one attached hydrogen (secondary N) is 1. The van der Waals surface area contributed by atoms with E-state index < -0.39 is 5.91 Å². The molecule has 8 nitrogen and oxygen atoms in total. The average Bonchev–Trinajstić information content (AvgIpc) is 3.35. The summed E-state index contributed by atoms with van der Waals surface area (Å²) in [5, 5.41) is 10.5. The van der Waals surface area contributed by atoms with E-state index in [0.717, 1.165) is 16.9 Å². The van der Waals surface area contributed by atoms with Crippen molar-refractivity contribution < 1.29 is 23.4 Å². The van der Waals surface area contributed by atoms with Crippen molar-refractivity contribution >= 4 is 5.91 Å². The molecule has 0 bridgehead atoms. The molecule has 1 aliphatic heterocycles. The van der Waals surface area contributed by atoms with Crippen molar-refractivity contribution in [3.63, 3.8) is 0 Å². The summed E-state index contributed by atoms with van der Waals surface area (Å²) in [4.78, 5) is 12.2. The van der Waals surface area contributed by atoms with Gasteiger partial charge in [0.15, 0.2) is 11.5 Å². The quantitative estimate of drug-likeness (QED) is 0.714. The van der Waals surface area contributed by atoms with E-state index in [1.165, 1.54) is 0 Å². The highest BCUT2D eigenvalue weighted by atomic mass is 16.7. The zero-order valence-corrected chi connectivity index (χ0v) is 14.6. The molecule has 0 radical (unpaired) electrons. The van der Waals surface area contributed by atoms with Crippen LogP contribution in [-0.4, -0.2) is 30.0 Å². The minimum atomic E-state index is -0.428. The third-order valence-electron chi connectivity index (χ3n) is 4.04. The number of fused-ring (bicyclic) bond motifs is 1. The Labute approximate surface area is 155 Å². The van der Waals surface area contributed by atoms with Crippen LogP contribution in [0.4, 0.5) is 0 Å². The van der Waals surface area contributed by atoms with Crippen molar-refractivity contribution in [2.75, 3.05) is 13.9 Å². The highest BCUT2D eigenvalue weighted by Crippen LogP contribution is 2.33. The first kappa shape index (κ1) is 16.9. The molecule has 0 unspecified atom stereocenters. The number of hydrogen-bond acceptors (Lipinski definition) is 7. The average molecular weight is 367 g/mol. The molecule has 0 atom stereocenters. The van der Waals surface area contributed by atoms with Gasteiger partial charge in [-0.05, 0) is 35.4 Å². The van der Waals surface area contributed by atoms with Gasteiger partial charge in [-0.1, -0.05) is 18.2 Å². The number of methoxy groups -OCH3 is 1. The Kier molecular flexibility index (Phi) is 4.61. The number of benzene rings is 2. The SMILES string of the molecule is COc1cccc(CNC(=O)c2nnc(Cc3ccc4c(c3)OCO4)o2)c1. The summed E-state index contributed by atoms with van der Waals surface area (Å²) in [6, 6.07) is 13.0. The maximum atomic E-state index is 12.2. The predicted octanol–water partition coefficient (Wildman–Crippen LogP) is 2.33. The van der Waals surface area contributed by atoms with E-state index in [9.17, 15) is 4.79 Å². The van der Waals surface area contributed by atoms with Crippen LogP contribution in [0.2, 0.25) is 0 Å². The number of hydrogen-bond donors (Lipinski definition) is 1. The molecule has 8 heteroatoms. The summed E-state index contributed by atoms with van der Waals surface area (Å²) >= 11 is 0. The lowest BCUT2D eigenvalue weighted by Gasteiger charge is -2.05. The van der Waals surface area contributed by atoms with Crippen LogP contribution in [0.15, 0.2) is 46.9 Å². The van der Waals surface area contributed by atoms with Gasteiger partial charge in [0, 0.05) is 6.54 Å². The van der Waals surface area contributed by atoms with Crippen molar-refractivity contribution in [1.29, 1.82) is 0 Å². The monoisotopic (exact) mass is 367 g/mol. The van der Waals surface area contributed by atoms with Crippen LogP contribution in [0.5, 0.6) is 17.2 Å². The smallest absolute Gasteiger partial charge is 0.309 e. The van der Waals surface area contributed by atoms with Gasteiger partial charge in [0.25, 0.3) is 0 Å². The molecular weight excluding hydrogens is 350 g/mol. The molecule has 3 aromatic rings. The summed E-state index contributed by atoms with van der Waals surface area (Å²) < 4.78 is 21.3. The van der Waals surface area contributed by atoms with Crippen LogP contribution < -0.4 is 19.5 Å². The maximum absolute atomic E-state index is 12.2. The lowest BCUT2D eigenvalue weighted by atomic mass is 10.1. The van der Waals surface area contributed by atoms with Crippen molar-refractivity contribution in [3.8, 4) is 17.2 Å². The molecule has 0 fully saturated rings. The second-order valence-corrected chi connectivity index (χ2v) is 5.90. The van der Waals surface area contributed by atoms with E-state index >= 15 is 0 Å². The fraction of sp³-hybridized carbons (Fsp3) is 0.211. The molecule has 2 heterocycles. The highest BCUT2D eigenvalue weighted by Gasteiger charge is 2.17. The van der Waals surface area contributed by atoms with Crippen LogP contribution in [0.1, 0.15) is 27.7 Å². The van der Waals surface area contributed by atoms with E-state index in [1.54, 1.807) is 7.11 Å². The van der Waals surface area contributed by atoms with E-state index in [4.69, 9.17) is 18.6 Å². The van der Waals surface area contributed by atoms with Gasteiger partial charge in [0.2, 0.25) is 12.7 Å². The van der Waals surface area contributed by atoms with Gasteiger partial charge >= 0.3 is 11.8 Å². The Hall–Kier alpha value is -3.55. The van der Waals surface area contributed by atoms with Gasteiger partial charge in [-0.3, -0.25) is 4.79 Å². The zero-order valence-electron chi connectivity index (χ0n) is 14.6. The van der Waals surface area contributed by atoms with E-state index in [1.807, 2.05) is 42.5 Å². The number of carbonyl (C=O) groups is 1. The Balaban J connectivity index is 1.37. The Morgan fingerprint density at radius 2 is 2.00 bits per heavy atom. The molecule has 0 spiro atoms. The summed E-state index contributed by atoms with van der Waals surface area (Å²) in [6.07, 6.45) is 0.396. The van der Waals surface area contributed by atoms with E-state index in [0.29, 0.717) is 30.4 Å². The standard InChI is InChI=1S/C19H17N3O5/c1-24-14-4-2-3-13(7-14)10-20-18(23)19-22-21-17(27-19)9-12-5-6-15-16(8-12)26-11-25-15/h2-8H,9-11H2,1H3,(H,20,23). The number of nitrogens with zero attached hydrogens (tertiary/aromatic N) is 2. The molecule has 4 rings (SSSR count). The number of aromatic nitrogens is 2. The van der Waals surface area contributed by atoms with Crippen molar-refractivity contribution in [2.45, 2.75) is 13.0 Å². The molecule has 0 aliphatic carbocycles. The molecule has 1 aliphatic rings. The Morgan fingerprint density at radius 1 is 1.11 bits per heavy atom. The minimum Gasteiger partial charge on any atom is -0.497 e. The van der Waals surface area contributed by atoms with Gasteiger partial charge in [-0.2, -0.15) is 0 Å². The molecule has 138 valence electrons. The van der Waals surface area contributed by atoms with Crippen LogP contribution in [-0.2, 0) is 13.0 Å². The highest BCUT2D eigenvalue weighted by molar-refractivity contribution is 5.89. The van der Waals surface area contributed by atoms with Crippen LogP contribution in [0.25, 0.3) is 0 Å². The first-order valence-corrected chi connectivity index (χ1v) is 8.33. The first-order valence-electron chi connectivity index (χ1n) is 8.33. The number of rotatable bonds is 6. The number of ether oxygens (including phenoxy) is 3. The minimum absolute atomic E-state index is 0.0753. The predicted molar refractivity (Wildman–Crippen MR) is 93.8 cm³/mol. The second kappa shape index (κ2) is 7.36. The molecule has 0 saturated carbocycles. The summed E-state index contributed by atoms with van der Waals surface area (Å²) in [6.45, 7) is 0.548. The molecule has 0 saturated heterocycles. The van der Waals surface area contributed by atoms with Crippen LogP contribution >= 0.6 is 0 Å². The van der Waals surface area contributed by atoms with Gasteiger partial charge in [-0.25, -0.2) is 0 Å². The molecule has 27 heavy (non-hydrogen) atoms. The summed E-state index contributed by atoms with van der Waals surface area (Å²) in [5.74, 6) is 1.96. The van der Waals surface area contributed by atoms with Crippen LogP contribution in [0.3, 0.4) is 0 Å². The summed E-state index contributed by atoms with van der Waals surface area (Å²) in [7, 11) is 1.60. The lowest BCUT2D eigenvalue weighted by molar-refractivity contribution is 0.0914. The topological polar surface area (TPSA) is 95.7 Å². The third kappa shape index (κ3) is 3.84. The Morgan fingerprint density at radius 3 is 2.89 bits per heavy atom. The van der Waals surface area contributed by atoms with Crippen molar-refractivity contribution in [2.24, 2.45) is 0 Å². The van der Waals surface area contributed by atoms with E-state index in [-0.39, 0.29) is 12.7 Å². The molecule has 2 aromatic carbocycles. The lowest BCUT2D eigenvalue weighted by Crippen LogP contribution is -2.23. The second-order valence-electron chi connectivity index (χ2n) is 5.90. The summed E-state index contributed by atoms with van der Waals surface area (Å²) in [5.41, 5.74) is 1.83. The normalized spacial score (nSPS) is 12.0. The van der Waals surface area contributed by atoms with Gasteiger partial charge in [0.05, 0.1) is 13.5 Å². The van der Waals surface area contributed by atoms with Gasteiger partial charge in [-0.15, -0.1) is 10.2 Å². The molecular formula is C19H17N3O5. The fourth-order valence-electron chi connectivity index (χ4n) is 2.68. The molecule has 1 aromatic heterocycles. The van der Waals surface area contributed by atoms with Crippen LogP contribution in [0, 0.1) is 0 Å². The van der Waals surface area contributed by atoms with Crippen molar-refractivity contribution in [3.05, 3.63) is 65.4 Å². The molecule has 1 amide bonds. The van der Waals surface area contributed by atoms with E-state index in [2.05, 4.69) is 15.5 Å². The van der Waals surface area contributed by atoms with Crippen molar-refractivity contribution in [1.82, 2.24) is 15.5 Å². The first-order chi connectivity index (χ1) is 13.2. The van der Waals surface area contributed by atoms with Gasteiger partial charge < -0.3 is 23.9 Å². The Bertz CT molecular complexity index is 969. The third-order valence-corrected chi connectivity index (χ3v) is 4.04. The molecule has 1 N–H and O–H groups in total. The fourth-order valence-corrected chi connectivity index (χ4v) is 2.68. The number of carbonyl (C=O) groups excluding carboxylic acids is 1. The largest absolute Gasteiger partial charge is 0.497 e. The maximum Gasteiger partial charge on any atom is 0.309 e. The van der Waals surface area contributed by atoms with Gasteiger partial charge in [0.1, 0.15) is 5.75 Å². The number of amides is 1.